The summed E-state index contributed by atoms with van der Waals surface area (Å²) in [6.07, 6.45) is 7.15. The number of nitrogens with zero attached hydrogens (tertiary/aromatic N) is 2. The Kier molecular flexibility index (Phi) is 4.55. The van der Waals surface area contributed by atoms with E-state index in [1.807, 2.05) is 42.6 Å². The molecule has 1 saturated heterocycles. The Labute approximate surface area is 152 Å². The second kappa shape index (κ2) is 6.98. The van der Waals surface area contributed by atoms with Crippen LogP contribution in [0.25, 0.3) is 10.9 Å². The van der Waals surface area contributed by atoms with Crippen molar-refractivity contribution >= 4 is 22.5 Å². The molecule has 1 aromatic carbocycles. The summed E-state index contributed by atoms with van der Waals surface area (Å²) in [6.45, 7) is 2.14. The number of quaternary nitrogens is 1. The van der Waals surface area contributed by atoms with Gasteiger partial charge in [0.2, 0.25) is 0 Å². The van der Waals surface area contributed by atoms with Gasteiger partial charge in [-0.05, 0) is 49.6 Å². The number of fused-ring (bicyclic) bond motifs is 1. The van der Waals surface area contributed by atoms with Crippen molar-refractivity contribution in [2.75, 3.05) is 13.1 Å². The van der Waals surface area contributed by atoms with E-state index in [1.54, 1.807) is 6.20 Å². The number of hydrogen-bond acceptors (Lipinski definition) is 3. The third-order valence-electron chi connectivity index (χ3n) is 5.04. The van der Waals surface area contributed by atoms with Gasteiger partial charge in [0.05, 0.1) is 23.7 Å². The van der Waals surface area contributed by atoms with Gasteiger partial charge in [0.15, 0.2) is 11.8 Å². The summed E-state index contributed by atoms with van der Waals surface area (Å²) in [5, 5.41) is 12.4. The van der Waals surface area contributed by atoms with E-state index in [-0.39, 0.29) is 11.8 Å². The summed E-state index contributed by atoms with van der Waals surface area (Å²) in [5.74, 6) is 0.216. The van der Waals surface area contributed by atoms with Crippen LogP contribution in [0.1, 0.15) is 36.6 Å². The lowest BCUT2D eigenvalue weighted by atomic mass is 9.96. The van der Waals surface area contributed by atoms with E-state index >= 15 is 0 Å². The van der Waals surface area contributed by atoms with Crippen LogP contribution >= 0.6 is 11.6 Å². The van der Waals surface area contributed by atoms with Crippen LogP contribution < -0.4 is 4.90 Å². The highest BCUT2D eigenvalue weighted by atomic mass is 35.5. The molecule has 0 amide bonds. The Morgan fingerprint density at radius 2 is 1.80 bits per heavy atom. The first-order valence-corrected chi connectivity index (χ1v) is 9.15. The highest BCUT2D eigenvalue weighted by molar-refractivity contribution is 6.35. The van der Waals surface area contributed by atoms with Crippen molar-refractivity contribution in [1.29, 1.82) is 0 Å². The van der Waals surface area contributed by atoms with Crippen LogP contribution in [0.5, 0.6) is 5.75 Å². The SMILES string of the molecule is Oc1c([C@H](c2ccccn2)[NH+]2CCCCC2)cc(Cl)c2cccnc12. The third kappa shape index (κ3) is 3.08. The molecule has 1 aliphatic rings. The predicted octanol–water partition coefficient (Wildman–Crippen LogP) is 3.15. The highest BCUT2D eigenvalue weighted by Crippen LogP contribution is 2.37. The molecule has 0 saturated carbocycles. The number of halogens is 1. The minimum Gasteiger partial charge on any atom is -0.505 e. The molecular weight excluding hydrogens is 334 g/mol. The van der Waals surface area contributed by atoms with Crippen LogP contribution in [0.2, 0.25) is 5.02 Å². The summed E-state index contributed by atoms with van der Waals surface area (Å²) in [5.41, 5.74) is 2.33. The Bertz CT molecular complexity index is 879. The van der Waals surface area contributed by atoms with Crippen LogP contribution in [0.15, 0.2) is 48.8 Å². The fourth-order valence-electron chi connectivity index (χ4n) is 3.86. The van der Waals surface area contributed by atoms with Crippen molar-refractivity contribution in [3.8, 4) is 5.75 Å². The number of hydrogen-bond donors (Lipinski definition) is 2. The molecule has 0 unspecified atom stereocenters. The van der Waals surface area contributed by atoms with Gasteiger partial charge in [-0.2, -0.15) is 0 Å². The fraction of sp³-hybridized carbons (Fsp3) is 0.300. The van der Waals surface area contributed by atoms with Crippen LogP contribution in [0.4, 0.5) is 0 Å². The van der Waals surface area contributed by atoms with Crippen molar-refractivity contribution in [3.05, 3.63) is 65.1 Å². The van der Waals surface area contributed by atoms with Gasteiger partial charge in [-0.3, -0.25) is 9.97 Å². The van der Waals surface area contributed by atoms with Crippen LogP contribution in [-0.4, -0.2) is 28.2 Å². The van der Waals surface area contributed by atoms with Gasteiger partial charge >= 0.3 is 0 Å². The lowest BCUT2D eigenvalue weighted by molar-refractivity contribution is -0.930. The minimum atomic E-state index is -0.0367. The van der Waals surface area contributed by atoms with E-state index in [2.05, 4.69) is 9.97 Å². The third-order valence-corrected chi connectivity index (χ3v) is 5.36. The molecule has 4 nitrogen and oxygen atoms in total. The molecule has 4 rings (SSSR count). The Balaban J connectivity index is 1.90. The van der Waals surface area contributed by atoms with Gasteiger partial charge in [0.1, 0.15) is 11.2 Å². The normalized spacial score (nSPS) is 16.8. The fourth-order valence-corrected chi connectivity index (χ4v) is 4.13. The average Bonchev–Trinajstić information content (AvgIpc) is 2.68. The van der Waals surface area contributed by atoms with Crippen molar-refractivity contribution in [3.63, 3.8) is 0 Å². The molecule has 0 bridgehead atoms. The molecule has 1 fully saturated rings. The monoisotopic (exact) mass is 354 g/mol. The summed E-state index contributed by atoms with van der Waals surface area (Å²) in [4.78, 5) is 10.4. The number of rotatable bonds is 3. The molecule has 25 heavy (non-hydrogen) atoms. The van der Waals surface area contributed by atoms with Crippen molar-refractivity contribution < 1.29 is 10.0 Å². The van der Waals surface area contributed by atoms with Gasteiger partial charge in [-0.15, -0.1) is 0 Å². The maximum atomic E-state index is 11.0. The van der Waals surface area contributed by atoms with Crippen molar-refractivity contribution in [2.45, 2.75) is 25.3 Å². The zero-order chi connectivity index (χ0) is 17.2. The molecule has 2 N–H and O–H groups in total. The number of benzene rings is 1. The number of nitrogens with one attached hydrogen (secondary N) is 1. The summed E-state index contributed by atoms with van der Waals surface area (Å²) >= 11 is 6.52. The van der Waals surface area contributed by atoms with E-state index < -0.39 is 0 Å². The summed E-state index contributed by atoms with van der Waals surface area (Å²) < 4.78 is 0. The molecule has 128 valence electrons. The molecule has 3 aromatic rings. The molecule has 5 heteroatoms. The van der Waals surface area contributed by atoms with E-state index in [9.17, 15) is 5.11 Å². The van der Waals surface area contributed by atoms with Gasteiger partial charge < -0.3 is 10.0 Å². The van der Waals surface area contributed by atoms with E-state index in [0.29, 0.717) is 10.5 Å². The molecular formula is C20H21ClN3O+. The number of pyridine rings is 2. The number of phenols is 1. The second-order valence-corrected chi connectivity index (χ2v) is 7.01. The number of likely N-dealkylation sites (tertiary alicyclic amines) is 1. The molecule has 0 radical (unpaired) electrons. The molecule has 0 aliphatic carbocycles. The van der Waals surface area contributed by atoms with E-state index in [1.165, 1.54) is 24.2 Å². The number of piperidine rings is 1. The van der Waals surface area contributed by atoms with Crippen LogP contribution in [0, 0.1) is 0 Å². The van der Waals surface area contributed by atoms with Gasteiger partial charge in [-0.1, -0.05) is 17.7 Å². The summed E-state index contributed by atoms with van der Waals surface area (Å²) in [6, 6.07) is 11.5. The highest BCUT2D eigenvalue weighted by Gasteiger charge is 2.32. The quantitative estimate of drug-likeness (QED) is 0.759. The molecule has 1 atom stereocenters. The van der Waals surface area contributed by atoms with Crippen molar-refractivity contribution in [2.24, 2.45) is 0 Å². The van der Waals surface area contributed by atoms with E-state index in [0.717, 1.165) is 29.7 Å². The van der Waals surface area contributed by atoms with Crippen LogP contribution in [0.3, 0.4) is 0 Å². The first-order chi connectivity index (χ1) is 12.3. The second-order valence-electron chi connectivity index (χ2n) is 6.60. The zero-order valence-corrected chi connectivity index (χ0v) is 14.7. The zero-order valence-electron chi connectivity index (χ0n) is 14.0. The largest absolute Gasteiger partial charge is 0.505 e. The van der Waals surface area contributed by atoms with Crippen LogP contribution in [-0.2, 0) is 0 Å². The molecule has 1 aliphatic heterocycles. The molecule has 2 aromatic heterocycles. The van der Waals surface area contributed by atoms with Gasteiger partial charge in [0.25, 0.3) is 0 Å². The minimum absolute atomic E-state index is 0.0367. The Hall–Kier alpha value is -2.17. The maximum absolute atomic E-state index is 11.0. The van der Waals surface area contributed by atoms with Crippen molar-refractivity contribution in [1.82, 2.24) is 9.97 Å². The summed E-state index contributed by atoms with van der Waals surface area (Å²) in [7, 11) is 0. The van der Waals surface area contributed by atoms with Gasteiger partial charge in [0, 0.05) is 17.8 Å². The number of phenolic OH excluding ortho intramolecular Hbond substituents is 1. The number of aromatic nitrogens is 2. The smallest absolute Gasteiger partial charge is 0.160 e. The average molecular weight is 355 g/mol. The Morgan fingerprint density at radius 3 is 2.56 bits per heavy atom. The molecule has 3 heterocycles. The predicted molar refractivity (Wildman–Crippen MR) is 99.0 cm³/mol. The Morgan fingerprint density at radius 1 is 1.00 bits per heavy atom. The lowest BCUT2D eigenvalue weighted by Crippen LogP contribution is -3.13. The first kappa shape index (κ1) is 16.3. The maximum Gasteiger partial charge on any atom is 0.160 e. The first-order valence-electron chi connectivity index (χ1n) is 8.77. The lowest BCUT2D eigenvalue weighted by Gasteiger charge is -2.32. The number of aromatic hydroxyl groups is 1. The topological polar surface area (TPSA) is 50.5 Å². The molecule has 0 spiro atoms. The van der Waals surface area contributed by atoms with Gasteiger partial charge in [-0.25, -0.2) is 0 Å². The standard InChI is InChI=1S/C20H20ClN3O/c21-16-13-15(20(25)18-14(16)7-6-10-23-18)19(17-8-2-3-9-22-17)24-11-4-1-5-12-24/h2-3,6-10,13,19,25H,1,4-5,11-12H2/p+1/t19-/m1/s1. The van der Waals surface area contributed by atoms with E-state index in [4.69, 9.17) is 11.6 Å².